The molecule has 1 aliphatic heterocycles. The molecule has 0 atom stereocenters. The number of hydrogen-bond acceptors (Lipinski definition) is 1. The number of hydrogen-bond donors (Lipinski definition) is 1. The number of halogens is 1. The molecule has 0 amide bonds. The van der Waals surface area contributed by atoms with E-state index in [0.717, 1.165) is 19.4 Å². The summed E-state index contributed by atoms with van der Waals surface area (Å²) in [5.41, 5.74) is 0.309. The van der Waals surface area contributed by atoms with Crippen molar-refractivity contribution in [1.29, 1.82) is 0 Å². The maximum absolute atomic E-state index is 3.78. The highest BCUT2D eigenvalue weighted by Crippen LogP contribution is 2.27. The zero-order valence-corrected chi connectivity index (χ0v) is 8.24. The summed E-state index contributed by atoms with van der Waals surface area (Å²) in [6.45, 7) is 8.71. The van der Waals surface area contributed by atoms with Gasteiger partial charge in [0.05, 0.1) is 0 Å². The van der Waals surface area contributed by atoms with E-state index in [1.807, 2.05) is 12.2 Å². The Morgan fingerprint density at radius 3 is 2.17 bits per heavy atom. The summed E-state index contributed by atoms with van der Waals surface area (Å²) >= 11 is 0. The van der Waals surface area contributed by atoms with E-state index in [2.05, 4.69) is 18.5 Å². The molecule has 0 aromatic heterocycles. The average molecular weight is 187 g/mol. The first-order valence-electron chi connectivity index (χ1n) is 4.30. The van der Waals surface area contributed by atoms with Gasteiger partial charge in [-0.05, 0) is 32.2 Å². The van der Waals surface area contributed by atoms with Crippen LogP contribution >= 0.6 is 0 Å². The van der Waals surface area contributed by atoms with Gasteiger partial charge in [0.25, 0.3) is 0 Å². The molecule has 0 unspecified atom stereocenters. The third-order valence-corrected chi connectivity index (χ3v) is 2.40. The van der Waals surface area contributed by atoms with Crippen molar-refractivity contribution in [3.63, 3.8) is 0 Å². The molecule has 1 aliphatic rings. The zero-order valence-electron chi connectivity index (χ0n) is 7.48. The molecule has 1 nitrogen and oxygen atoms in total. The lowest BCUT2D eigenvalue weighted by molar-refractivity contribution is -0.00000272. The van der Waals surface area contributed by atoms with Gasteiger partial charge in [-0.25, -0.2) is 0 Å². The molecule has 1 heterocycles. The third kappa shape index (κ3) is 2.65. The molecule has 1 rings (SSSR count). The molecule has 0 aliphatic carbocycles. The Labute approximate surface area is 81.3 Å². The van der Waals surface area contributed by atoms with Gasteiger partial charge in [-0.3, -0.25) is 0 Å². The summed E-state index contributed by atoms with van der Waals surface area (Å²) < 4.78 is 0. The summed E-state index contributed by atoms with van der Waals surface area (Å²) in [6, 6.07) is 0. The van der Waals surface area contributed by atoms with Gasteiger partial charge in [0.15, 0.2) is 0 Å². The molecule has 0 spiro atoms. The van der Waals surface area contributed by atoms with Crippen molar-refractivity contribution in [3.05, 3.63) is 25.3 Å². The Hall–Kier alpha value is -0.270. The first-order valence-corrected chi connectivity index (χ1v) is 4.30. The molecule has 0 aromatic carbocycles. The van der Waals surface area contributed by atoms with Crippen LogP contribution in [0.1, 0.15) is 25.7 Å². The van der Waals surface area contributed by atoms with Gasteiger partial charge in [0.1, 0.15) is 0 Å². The standard InChI is InChI=1S/C10H17N.ClH/c1-3-6-10(7-4-2)8-5-9-11-10;/h3-4,11H,1-2,5-9H2;1H/p-1. The number of nitrogens with one attached hydrogen (secondary N) is 1. The lowest BCUT2D eigenvalue weighted by atomic mass is 9.90. The van der Waals surface area contributed by atoms with Crippen LogP contribution in [0.2, 0.25) is 0 Å². The van der Waals surface area contributed by atoms with E-state index in [9.17, 15) is 0 Å². The van der Waals surface area contributed by atoms with Crippen LogP contribution in [0, 0.1) is 0 Å². The Morgan fingerprint density at radius 2 is 1.83 bits per heavy atom. The van der Waals surface area contributed by atoms with E-state index < -0.39 is 0 Å². The monoisotopic (exact) mass is 186 g/mol. The van der Waals surface area contributed by atoms with Crippen LogP contribution in [0.3, 0.4) is 0 Å². The van der Waals surface area contributed by atoms with Crippen molar-refractivity contribution in [3.8, 4) is 0 Å². The van der Waals surface area contributed by atoms with Gasteiger partial charge in [-0.15, -0.1) is 13.2 Å². The molecule has 0 saturated carbocycles. The highest BCUT2D eigenvalue weighted by atomic mass is 35.5. The van der Waals surface area contributed by atoms with Crippen LogP contribution in [0.25, 0.3) is 0 Å². The van der Waals surface area contributed by atoms with Crippen molar-refractivity contribution >= 4 is 0 Å². The quantitative estimate of drug-likeness (QED) is 0.571. The van der Waals surface area contributed by atoms with Crippen LogP contribution in [0.4, 0.5) is 0 Å². The van der Waals surface area contributed by atoms with Gasteiger partial charge >= 0.3 is 0 Å². The highest BCUT2D eigenvalue weighted by Gasteiger charge is 2.30. The summed E-state index contributed by atoms with van der Waals surface area (Å²) in [4.78, 5) is 0. The smallest absolute Gasteiger partial charge is 0.0250 e. The maximum Gasteiger partial charge on any atom is 0.0250 e. The SMILES string of the molecule is C=CCC1(CC=C)CCCN1.[Cl-]. The van der Waals surface area contributed by atoms with Crippen LogP contribution in [-0.4, -0.2) is 12.1 Å². The number of rotatable bonds is 4. The topological polar surface area (TPSA) is 12.0 Å². The lowest BCUT2D eigenvalue weighted by Crippen LogP contribution is -3.00. The van der Waals surface area contributed by atoms with Gasteiger partial charge in [-0.2, -0.15) is 0 Å². The Bertz CT molecular complexity index is 136. The van der Waals surface area contributed by atoms with Crippen LogP contribution in [-0.2, 0) is 0 Å². The molecule has 70 valence electrons. The van der Waals surface area contributed by atoms with Crippen LogP contribution in [0.5, 0.6) is 0 Å². The van der Waals surface area contributed by atoms with Crippen molar-refractivity contribution in [2.45, 2.75) is 31.2 Å². The molecule has 0 aromatic rings. The second-order valence-electron chi connectivity index (χ2n) is 3.30. The molecule has 1 fully saturated rings. The van der Waals surface area contributed by atoms with Crippen molar-refractivity contribution in [2.24, 2.45) is 0 Å². The lowest BCUT2D eigenvalue weighted by Gasteiger charge is -2.26. The zero-order chi connectivity index (χ0) is 8.16. The Balaban J connectivity index is 0.00000121. The van der Waals surface area contributed by atoms with Gasteiger partial charge in [-0.1, -0.05) is 12.2 Å². The minimum atomic E-state index is 0. The van der Waals surface area contributed by atoms with Crippen LogP contribution < -0.4 is 17.7 Å². The Kier molecular flexibility index (Phi) is 5.27. The van der Waals surface area contributed by atoms with E-state index in [1.54, 1.807) is 0 Å². The van der Waals surface area contributed by atoms with Crippen molar-refractivity contribution in [1.82, 2.24) is 5.32 Å². The van der Waals surface area contributed by atoms with E-state index in [0.29, 0.717) is 5.54 Å². The minimum Gasteiger partial charge on any atom is -1.00 e. The summed E-state index contributed by atoms with van der Waals surface area (Å²) in [6.07, 6.45) is 8.70. The third-order valence-electron chi connectivity index (χ3n) is 2.40. The Morgan fingerprint density at radius 1 is 1.25 bits per heavy atom. The maximum atomic E-state index is 3.78. The molecule has 0 radical (unpaired) electrons. The molecule has 2 heteroatoms. The predicted octanol–water partition coefficient (Wildman–Crippen LogP) is -0.735. The van der Waals surface area contributed by atoms with E-state index in [-0.39, 0.29) is 12.4 Å². The second-order valence-corrected chi connectivity index (χ2v) is 3.30. The summed E-state index contributed by atoms with van der Waals surface area (Å²) in [5.74, 6) is 0. The molecule has 1 N–H and O–H groups in total. The first-order chi connectivity index (χ1) is 5.33. The van der Waals surface area contributed by atoms with Crippen LogP contribution in [0.15, 0.2) is 25.3 Å². The summed E-state index contributed by atoms with van der Waals surface area (Å²) in [5, 5.41) is 3.53. The molecule has 1 saturated heterocycles. The molecule has 0 bridgehead atoms. The molecular formula is C10H17ClN-. The normalized spacial score (nSPS) is 19.7. The molecular weight excluding hydrogens is 170 g/mol. The largest absolute Gasteiger partial charge is 1.00 e. The fourth-order valence-corrected chi connectivity index (χ4v) is 1.85. The summed E-state index contributed by atoms with van der Waals surface area (Å²) in [7, 11) is 0. The fourth-order valence-electron chi connectivity index (χ4n) is 1.85. The van der Waals surface area contributed by atoms with Gasteiger partial charge < -0.3 is 17.7 Å². The van der Waals surface area contributed by atoms with Gasteiger partial charge in [0, 0.05) is 5.54 Å². The predicted molar refractivity (Wildman–Crippen MR) is 49.6 cm³/mol. The van der Waals surface area contributed by atoms with E-state index in [1.165, 1.54) is 12.8 Å². The fraction of sp³-hybridized carbons (Fsp3) is 0.600. The first kappa shape index (κ1) is 11.7. The average Bonchev–Trinajstić information content (AvgIpc) is 2.39. The highest BCUT2D eigenvalue weighted by molar-refractivity contribution is 5.01. The van der Waals surface area contributed by atoms with Crippen molar-refractivity contribution in [2.75, 3.05) is 6.54 Å². The van der Waals surface area contributed by atoms with Crippen molar-refractivity contribution < 1.29 is 12.4 Å². The molecule has 12 heavy (non-hydrogen) atoms. The van der Waals surface area contributed by atoms with E-state index in [4.69, 9.17) is 0 Å². The van der Waals surface area contributed by atoms with Gasteiger partial charge in [0.2, 0.25) is 0 Å². The minimum absolute atomic E-state index is 0. The van der Waals surface area contributed by atoms with E-state index >= 15 is 0 Å². The second kappa shape index (κ2) is 5.39.